The van der Waals surface area contributed by atoms with Crippen LogP contribution in [-0.4, -0.2) is 4.57 Å². The molecule has 0 atom stereocenters. The predicted octanol–water partition coefficient (Wildman–Crippen LogP) is 13.2. The molecule has 0 N–H and O–H groups in total. The zero-order valence-electron chi connectivity index (χ0n) is 28.0. The molecule has 0 bridgehead atoms. The van der Waals surface area contributed by atoms with Crippen molar-refractivity contribution in [1.82, 2.24) is 4.57 Å². The first-order valence-electron chi connectivity index (χ1n) is 17.8. The van der Waals surface area contributed by atoms with Crippen molar-refractivity contribution in [3.63, 3.8) is 0 Å². The van der Waals surface area contributed by atoms with Gasteiger partial charge in [-0.1, -0.05) is 139 Å². The molecule has 2 aromatic heterocycles. The van der Waals surface area contributed by atoms with Gasteiger partial charge in [0, 0.05) is 31.3 Å². The Kier molecular flexibility index (Phi) is 5.67. The van der Waals surface area contributed by atoms with Crippen molar-refractivity contribution in [2.45, 2.75) is 15.2 Å². The van der Waals surface area contributed by atoms with E-state index in [1.54, 1.807) is 0 Å². The van der Waals surface area contributed by atoms with E-state index in [0.717, 1.165) is 33.1 Å². The van der Waals surface area contributed by atoms with Gasteiger partial charge in [0.2, 0.25) is 0 Å². The molecule has 3 heteroatoms. The maximum Gasteiger partial charge on any atom is 0.159 e. The lowest BCUT2D eigenvalue weighted by Gasteiger charge is -2.39. The van der Waals surface area contributed by atoms with Crippen LogP contribution < -0.4 is 0 Å². The average molecular weight is 680 g/mol. The first-order valence-corrected chi connectivity index (χ1v) is 18.7. The van der Waals surface area contributed by atoms with Crippen molar-refractivity contribution in [3.05, 3.63) is 198 Å². The fraction of sp³-hybridized carbons (Fsp3) is 0.0204. The second-order valence-electron chi connectivity index (χ2n) is 14.0. The lowest BCUT2D eigenvalue weighted by Crippen LogP contribution is -2.31. The maximum absolute atomic E-state index is 6.54. The fourth-order valence-electron chi connectivity index (χ4n) is 9.36. The van der Waals surface area contributed by atoms with E-state index in [1.807, 2.05) is 17.8 Å². The molecule has 0 saturated heterocycles. The molecule has 1 aliphatic carbocycles. The van der Waals surface area contributed by atoms with E-state index in [0.29, 0.717) is 0 Å². The lowest BCUT2D eigenvalue weighted by molar-refractivity contribution is 0.666. The van der Waals surface area contributed by atoms with Crippen molar-refractivity contribution in [2.75, 3.05) is 0 Å². The summed E-state index contributed by atoms with van der Waals surface area (Å²) < 4.78 is 8.91. The van der Waals surface area contributed by atoms with Crippen LogP contribution >= 0.6 is 11.8 Å². The number of nitrogens with zero attached hydrogens (tertiary/aromatic N) is 1. The van der Waals surface area contributed by atoms with Crippen LogP contribution in [0, 0.1) is 0 Å². The molecule has 1 spiro atoms. The molecule has 10 aromatic rings. The zero-order chi connectivity index (χ0) is 34.0. The van der Waals surface area contributed by atoms with E-state index in [4.69, 9.17) is 4.42 Å². The van der Waals surface area contributed by atoms with Crippen molar-refractivity contribution in [1.29, 1.82) is 0 Å². The standard InChI is InChI=1S/C49H29NOS/c1-4-16-38-32(12-1)36-28-30(24-26-39(36)49(38)40-17-5-9-22-46(40)52-47-23-10-6-18-41(47)49)31-25-27-43-37(29-31)33-13-2-7-19-42(33)50(43)44-20-11-15-35-34-14-3-8-21-45(34)51-48(35)44/h1-29H. The normalized spacial score (nSPS) is 13.8. The smallest absolute Gasteiger partial charge is 0.159 e. The molecule has 0 unspecified atom stereocenters. The van der Waals surface area contributed by atoms with Crippen LogP contribution in [-0.2, 0) is 5.41 Å². The van der Waals surface area contributed by atoms with Gasteiger partial charge >= 0.3 is 0 Å². The van der Waals surface area contributed by atoms with Gasteiger partial charge in [0.05, 0.1) is 22.1 Å². The Morgan fingerprint density at radius 2 is 1.04 bits per heavy atom. The molecule has 52 heavy (non-hydrogen) atoms. The third-order valence-corrected chi connectivity index (χ3v) is 12.6. The minimum Gasteiger partial charge on any atom is -0.454 e. The number of aromatic nitrogens is 1. The Morgan fingerprint density at radius 1 is 0.423 bits per heavy atom. The first-order chi connectivity index (χ1) is 25.8. The third-order valence-electron chi connectivity index (χ3n) is 11.5. The number of fused-ring (bicyclic) bond motifs is 15. The average Bonchev–Trinajstić information content (AvgIpc) is 3.85. The number of furan rings is 1. The van der Waals surface area contributed by atoms with Gasteiger partial charge in [0.15, 0.2) is 5.58 Å². The summed E-state index contributed by atoms with van der Waals surface area (Å²) in [5, 5.41) is 4.73. The van der Waals surface area contributed by atoms with Crippen LogP contribution in [0.25, 0.3) is 71.7 Å². The van der Waals surface area contributed by atoms with E-state index >= 15 is 0 Å². The Balaban J connectivity index is 1.08. The molecule has 242 valence electrons. The van der Waals surface area contributed by atoms with E-state index < -0.39 is 0 Å². The van der Waals surface area contributed by atoms with Gasteiger partial charge < -0.3 is 8.98 Å². The Labute approximate surface area is 304 Å². The second-order valence-corrected chi connectivity index (χ2v) is 15.1. The van der Waals surface area contributed by atoms with E-state index in [9.17, 15) is 0 Å². The van der Waals surface area contributed by atoms with Gasteiger partial charge in [-0.2, -0.15) is 0 Å². The molecule has 3 heterocycles. The van der Waals surface area contributed by atoms with Crippen LogP contribution in [0.3, 0.4) is 0 Å². The largest absolute Gasteiger partial charge is 0.454 e. The Bertz CT molecular complexity index is 3080. The predicted molar refractivity (Wildman–Crippen MR) is 215 cm³/mol. The number of benzene rings is 8. The van der Waals surface area contributed by atoms with Gasteiger partial charge in [0.1, 0.15) is 5.58 Å². The molecule has 2 nitrogen and oxygen atoms in total. The molecule has 0 fully saturated rings. The summed E-state index contributed by atoms with van der Waals surface area (Å²) in [6.07, 6.45) is 0. The summed E-state index contributed by atoms with van der Waals surface area (Å²) >= 11 is 1.89. The van der Waals surface area contributed by atoms with E-state index in [-0.39, 0.29) is 5.41 Å². The van der Waals surface area contributed by atoms with E-state index in [2.05, 4.69) is 174 Å². The summed E-state index contributed by atoms with van der Waals surface area (Å²) in [6.45, 7) is 0. The van der Waals surface area contributed by atoms with Crippen LogP contribution in [0.1, 0.15) is 22.3 Å². The number of hydrogen-bond acceptors (Lipinski definition) is 2. The van der Waals surface area contributed by atoms with Crippen molar-refractivity contribution >= 4 is 55.5 Å². The first kappa shape index (κ1) is 28.4. The van der Waals surface area contributed by atoms with Crippen LogP contribution in [0.4, 0.5) is 0 Å². The summed E-state index contributed by atoms with van der Waals surface area (Å²) in [7, 11) is 0. The fourth-order valence-corrected chi connectivity index (χ4v) is 10.6. The summed E-state index contributed by atoms with van der Waals surface area (Å²) in [5.41, 5.74) is 15.3. The lowest BCUT2D eigenvalue weighted by atomic mass is 9.67. The molecule has 8 aromatic carbocycles. The summed E-state index contributed by atoms with van der Waals surface area (Å²) in [4.78, 5) is 2.65. The molecular formula is C49H29NOS. The minimum atomic E-state index is -0.363. The molecule has 1 aliphatic heterocycles. The van der Waals surface area contributed by atoms with E-state index in [1.165, 1.54) is 70.6 Å². The molecule has 2 aliphatic rings. The minimum absolute atomic E-state index is 0.363. The highest BCUT2D eigenvalue weighted by atomic mass is 32.2. The van der Waals surface area contributed by atoms with Crippen molar-refractivity contribution in [2.24, 2.45) is 0 Å². The molecule has 0 saturated carbocycles. The molecular weight excluding hydrogens is 651 g/mol. The van der Waals surface area contributed by atoms with Crippen LogP contribution in [0.2, 0.25) is 0 Å². The quantitative estimate of drug-likeness (QED) is 0.181. The summed E-state index contributed by atoms with van der Waals surface area (Å²) in [6, 6.07) is 64.7. The Hall–Kier alpha value is -6.29. The SMILES string of the molecule is c1ccc2c(c1)Sc1ccccc1C21c2ccccc2-c2cc(-c3ccc4c(c3)c3ccccc3n4-c3cccc4c3oc3ccccc34)ccc21. The zero-order valence-corrected chi connectivity index (χ0v) is 28.8. The topological polar surface area (TPSA) is 18.1 Å². The van der Waals surface area contributed by atoms with Gasteiger partial charge in [-0.25, -0.2) is 0 Å². The monoisotopic (exact) mass is 679 g/mol. The second kappa shape index (κ2) is 10.4. The third kappa shape index (κ3) is 3.61. The maximum atomic E-state index is 6.54. The molecule has 12 rings (SSSR count). The summed E-state index contributed by atoms with van der Waals surface area (Å²) in [5.74, 6) is 0. The number of para-hydroxylation sites is 3. The Morgan fingerprint density at radius 3 is 1.88 bits per heavy atom. The number of rotatable bonds is 2. The molecule has 0 amide bonds. The molecule has 0 radical (unpaired) electrons. The highest BCUT2D eigenvalue weighted by Crippen LogP contribution is 2.62. The van der Waals surface area contributed by atoms with Gasteiger partial charge in [-0.15, -0.1) is 0 Å². The number of hydrogen-bond donors (Lipinski definition) is 0. The van der Waals surface area contributed by atoms with Gasteiger partial charge in [-0.3, -0.25) is 0 Å². The van der Waals surface area contributed by atoms with Crippen LogP contribution in [0.15, 0.2) is 190 Å². The van der Waals surface area contributed by atoms with Crippen LogP contribution in [0.5, 0.6) is 0 Å². The highest BCUT2D eigenvalue weighted by Gasteiger charge is 2.50. The van der Waals surface area contributed by atoms with Crippen molar-refractivity contribution < 1.29 is 4.42 Å². The van der Waals surface area contributed by atoms with Gasteiger partial charge in [-0.05, 0) is 93.0 Å². The highest BCUT2D eigenvalue weighted by molar-refractivity contribution is 7.99. The van der Waals surface area contributed by atoms with Gasteiger partial charge in [0.25, 0.3) is 0 Å². The van der Waals surface area contributed by atoms with Crippen molar-refractivity contribution in [3.8, 4) is 27.9 Å².